The van der Waals surface area contributed by atoms with Crippen LogP contribution in [-0.4, -0.2) is 36.6 Å². The monoisotopic (exact) mass is 336 g/mol. The maximum atomic E-state index is 5.40. The zero-order chi connectivity index (χ0) is 17.1. The molecule has 25 heavy (non-hydrogen) atoms. The Bertz CT molecular complexity index is 694. The molecule has 1 aliphatic heterocycles. The first kappa shape index (κ1) is 16.6. The molecule has 0 amide bonds. The van der Waals surface area contributed by atoms with E-state index in [1.165, 1.54) is 44.3 Å². The van der Waals surface area contributed by atoms with Crippen molar-refractivity contribution in [3.05, 3.63) is 65.1 Å². The van der Waals surface area contributed by atoms with Gasteiger partial charge in [-0.3, -0.25) is 4.90 Å². The van der Waals surface area contributed by atoms with Crippen molar-refractivity contribution in [1.29, 1.82) is 0 Å². The van der Waals surface area contributed by atoms with Crippen LogP contribution in [0.1, 0.15) is 36.7 Å². The van der Waals surface area contributed by atoms with Crippen LogP contribution in [0, 0.1) is 0 Å². The van der Waals surface area contributed by atoms with E-state index in [0.29, 0.717) is 12.1 Å². The third kappa shape index (κ3) is 4.05. The number of likely N-dealkylation sites (tertiary alicyclic amines) is 1. The van der Waals surface area contributed by atoms with Crippen LogP contribution < -0.4 is 5.32 Å². The van der Waals surface area contributed by atoms with E-state index in [4.69, 9.17) is 4.42 Å². The van der Waals surface area contributed by atoms with Crippen LogP contribution in [0.2, 0.25) is 0 Å². The first-order valence-corrected chi connectivity index (χ1v) is 9.53. The summed E-state index contributed by atoms with van der Waals surface area (Å²) in [4.78, 5) is 2.72. The minimum atomic E-state index is 0.595. The second-order valence-electron chi connectivity index (χ2n) is 7.55. The van der Waals surface area contributed by atoms with Crippen molar-refractivity contribution in [3.63, 3.8) is 0 Å². The molecule has 2 aromatic rings. The lowest BCUT2D eigenvalue weighted by Crippen LogP contribution is -2.50. The Morgan fingerprint density at radius 3 is 2.72 bits per heavy atom. The fraction of sp³-hybridized carbons (Fsp3) is 0.455. The van der Waals surface area contributed by atoms with Gasteiger partial charge in [0.05, 0.1) is 6.26 Å². The molecular formula is C22H28N2O. The van der Waals surface area contributed by atoms with Gasteiger partial charge in [0, 0.05) is 25.2 Å². The molecule has 4 rings (SSSR count). The molecule has 0 spiro atoms. The molecule has 2 heterocycles. The topological polar surface area (TPSA) is 28.4 Å². The Labute approximate surface area is 150 Å². The lowest BCUT2D eigenvalue weighted by atomic mass is 10.0. The second-order valence-corrected chi connectivity index (χ2v) is 7.55. The number of piperidine rings is 1. The lowest BCUT2D eigenvalue weighted by molar-refractivity contribution is 0.142. The fourth-order valence-electron chi connectivity index (χ4n) is 4.27. The van der Waals surface area contributed by atoms with Crippen molar-refractivity contribution in [2.45, 2.75) is 44.7 Å². The molecular weight excluding hydrogens is 308 g/mol. The highest BCUT2D eigenvalue weighted by molar-refractivity contribution is 5.46. The molecule has 3 nitrogen and oxygen atoms in total. The average Bonchev–Trinajstić information content (AvgIpc) is 3.29. The van der Waals surface area contributed by atoms with Gasteiger partial charge in [-0.2, -0.15) is 0 Å². The number of benzene rings is 1. The highest BCUT2D eigenvalue weighted by Gasteiger charge is 2.30. The highest BCUT2D eigenvalue weighted by Crippen LogP contribution is 2.27. The van der Waals surface area contributed by atoms with Crippen molar-refractivity contribution in [2.75, 3.05) is 19.6 Å². The van der Waals surface area contributed by atoms with Crippen LogP contribution in [0.5, 0.6) is 0 Å². The van der Waals surface area contributed by atoms with Crippen LogP contribution in [0.3, 0.4) is 0 Å². The van der Waals surface area contributed by atoms with Gasteiger partial charge < -0.3 is 9.73 Å². The van der Waals surface area contributed by atoms with E-state index >= 15 is 0 Å². The molecule has 1 unspecified atom stereocenters. The molecule has 1 fully saturated rings. The smallest absolute Gasteiger partial charge is 0.126 e. The number of nitrogens with one attached hydrogen (secondary N) is 1. The van der Waals surface area contributed by atoms with Crippen LogP contribution in [0.15, 0.2) is 52.7 Å². The predicted molar refractivity (Wildman–Crippen MR) is 103 cm³/mol. The van der Waals surface area contributed by atoms with E-state index in [1.807, 2.05) is 12.1 Å². The quantitative estimate of drug-likeness (QED) is 0.897. The Balaban J connectivity index is 1.30. The molecule has 1 aromatic heterocycles. The second kappa shape index (κ2) is 7.59. The van der Waals surface area contributed by atoms with Gasteiger partial charge in [-0.1, -0.05) is 29.8 Å². The zero-order valence-electron chi connectivity index (χ0n) is 15.1. The number of rotatable bonds is 5. The normalized spacial score (nSPS) is 22.3. The van der Waals surface area contributed by atoms with Gasteiger partial charge in [0.15, 0.2) is 0 Å². The Kier molecular flexibility index (Phi) is 5.04. The average molecular weight is 336 g/mol. The van der Waals surface area contributed by atoms with Crippen LogP contribution in [0.25, 0.3) is 6.08 Å². The van der Waals surface area contributed by atoms with Crippen LogP contribution in [-0.2, 0) is 12.8 Å². The minimum absolute atomic E-state index is 0.595. The summed E-state index contributed by atoms with van der Waals surface area (Å²) in [5.41, 5.74) is 4.43. The summed E-state index contributed by atoms with van der Waals surface area (Å²) in [5.74, 6) is 0.938. The molecule has 1 saturated heterocycles. The van der Waals surface area contributed by atoms with E-state index in [2.05, 4.69) is 47.5 Å². The number of hydrogen-bond donors (Lipinski definition) is 1. The number of fused-ring (bicyclic) bond motifs is 1. The van der Waals surface area contributed by atoms with Crippen molar-refractivity contribution in [3.8, 4) is 0 Å². The van der Waals surface area contributed by atoms with Gasteiger partial charge in [-0.05, 0) is 68.5 Å². The maximum absolute atomic E-state index is 5.40. The Morgan fingerprint density at radius 2 is 2.00 bits per heavy atom. The summed E-state index contributed by atoms with van der Waals surface area (Å²) >= 11 is 0. The molecule has 1 atom stereocenters. The van der Waals surface area contributed by atoms with E-state index in [9.17, 15) is 0 Å². The summed E-state index contributed by atoms with van der Waals surface area (Å²) in [6.45, 7) is 5.53. The molecule has 132 valence electrons. The van der Waals surface area contributed by atoms with E-state index < -0.39 is 0 Å². The standard InChI is InChI=1S/C22H28N2O/c1-17(12-22-9-5-11-25-22)15-23-20-8-4-10-24(16-20)21-13-18-6-2-3-7-19(18)14-21/h2-3,5-7,9,11-12,20-21,23H,4,8,10,13-16H2,1H3/b17-12+. The third-order valence-corrected chi connectivity index (χ3v) is 5.60. The SMILES string of the molecule is C/C(=C\c1ccco1)CNC1CCCN(C2Cc3ccccc3C2)C1. The van der Waals surface area contributed by atoms with Crippen LogP contribution in [0.4, 0.5) is 0 Å². The predicted octanol–water partition coefficient (Wildman–Crippen LogP) is 3.90. The fourth-order valence-corrected chi connectivity index (χ4v) is 4.27. The van der Waals surface area contributed by atoms with Gasteiger partial charge in [0.25, 0.3) is 0 Å². The zero-order valence-corrected chi connectivity index (χ0v) is 15.1. The highest BCUT2D eigenvalue weighted by atomic mass is 16.3. The van der Waals surface area contributed by atoms with E-state index in [1.54, 1.807) is 17.4 Å². The number of furan rings is 1. The Morgan fingerprint density at radius 1 is 1.20 bits per heavy atom. The van der Waals surface area contributed by atoms with Crippen molar-refractivity contribution in [2.24, 2.45) is 0 Å². The summed E-state index contributed by atoms with van der Waals surface area (Å²) in [6.07, 6.45) is 8.88. The summed E-state index contributed by atoms with van der Waals surface area (Å²) in [6, 6.07) is 14.2. The van der Waals surface area contributed by atoms with Gasteiger partial charge in [0.2, 0.25) is 0 Å². The first-order chi connectivity index (χ1) is 12.3. The molecule has 3 heteroatoms. The lowest BCUT2D eigenvalue weighted by Gasteiger charge is -2.37. The van der Waals surface area contributed by atoms with Gasteiger partial charge in [0.1, 0.15) is 5.76 Å². The molecule has 0 radical (unpaired) electrons. The van der Waals surface area contributed by atoms with E-state index in [-0.39, 0.29) is 0 Å². The largest absolute Gasteiger partial charge is 0.465 e. The number of hydrogen-bond acceptors (Lipinski definition) is 3. The summed E-state index contributed by atoms with van der Waals surface area (Å²) in [7, 11) is 0. The molecule has 1 aliphatic carbocycles. The summed E-state index contributed by atoms with van der Waals surface area (Å²) in [5, 5.41) is 3.76. The molecule has 0 bridgehead atoms. The first-order valence-electron chi connectivity index (χ1n) is 9.53. The minimum Gasteiger partial charge on any atom is -0.465 e. The Hall–Kier alpha value is -1.84. The molecule has 2 aliphatic rings. The van der Waals surface area contributed by atoms with Gasteiger partial charge in [-0.25, -0.2) is 0 Å². The van der Waals surface area contributed by atoms with Crippen molar-refractivity contribution in [1.82, 2.24) is 10.2 Å². The van der Waals surface area contributed by atoms with Gasteiger partial charge in [-0.15, -0.1) is 0 Å². The van der Waals surface area contributed by atoms with Crippen molar-refractivity contribution < 1.29 is 4.42 Å². The van der Waals surface area contributed by atoms with Crippen molar-refractivity contribution >= 4 is 6.08 Å². The maximum Gasteiger partial charge on any atom is 0.126 e. The van der Waals surface area contributed by atoms with Crippen LogP contribution >= 0.6 is 0 Å². The van der Waals surface area contributed by atoms with Gasteiger partial charge >= 0.3 is 0 Å². The van der Waals surface area contributed by atoms with E-state index in [0.717, 1.165) is 12.3 Å². The molecule has 0 saturated carbocycles. The number of nitrogens with zero attached hydrogens (tertiary/aromatic N) is 1. The summed E-state index contributed by atoms with van der Waals surface area (Å²) < 4.78 is 5.40. The third-order valence-electron chi connectivity index (χ3n) is 5.60. The molecule has 1 N–H and O–H groups in total. The molecule has 1 aromatic carbocycles.